The van der Waals surface area contributed by atoms with Crippen LogP contribution >= 0.6 is 15.9 Å². The highest BCUT2D eigenvalue weighted by Gasteiger charge is 2.21. The highest BCUT2D eigenvalue weighted by Crippen LogP contribution is 2.30. The van der Waals surface area contributed by atoms with Gasteiger partial charge in [0.05, 0.1) is 13.7 Å². The Bertz CT molecular complexity index is 402. The average molecular weight is 286 g/mol. The zero-order chi connectivity index (χ0) is 11.5. The van der Waals surface area contributed by atoms with E-state index in [0.717, 1.165) is 25.2 Å². The van der Waals surface area contributed by atoms with Gasteiger partial charge in [-0.15, -0.1) is 0 Å². The number of carbonyl (C=O) groups is 1. The van der Waals surface area contributed by atoms with Gasteiger partial charge in [0.1, 0.15) is 10.3 Å². The zero-order valence-electron chi connectivity index (χ0n) is 8.90. The van der Waals surface area contributed by atoms with Crippen LogP contribution in [0, 0.1) is 0 Å². The van der Waals surface area contributed by atoms with Gasteiger partial charge in [-0.05, 0) is 34.0 Å². The van der Waals surface area contributed by atoms with Crippen molar-refractivity contribution in [3.63, 3.8) is 0 Å². The summed E-state index contributed by atoms with van der Waals surface area (Å²) in [7, 11) is 1.34. The third-order valence-electron chi connectivity index (χ3n) is 2.64. The summed E-state index contributed by atoms with van der Waals surface area (Å²) in [5.41, 5.74) is 1.40. The van der Waals surface area contributed by atoms with Gasteiger partial charge in [-0.25, -0.2) is 9.78 Å². The van der Waals surface area contributed by atoms with E-state index in [1.807, 2.05) is 6.07 Å². The number of pyridine rings is 1. The van der Waals surface area contributed by atoms with E-state index in [0.29, 0.717) is 16.2 Å². The molecule has 1 aromatic heterocycles. The summed E-state index contributed by atoms with van der Waals surface area (Å²) >= 11 is 3.38. The molecule has 1 aliphatic heterocycles. The second-order valence-electron chi connectivity index (χ2n) is 3.63. The number of esters is 1. The van der Waals surface area contributed by atoms with E-state index < -0.39 is 5.97 Å². The molecule has 0 aromatic carbocycles. The smallest absolute Gasteiger partial charge is 0.356 e. The van der Waals surface area contributed by atoms with Gasteiger partial charge in [-0.1, -0.05) is 6.07 Å². The van der Waals surface area contributed by atoms with Gasteiger partial charge >= 0.3 is 5.97 Å². The molecule has 0 spiro atoms. The summed E-state index contributed by atoms with van der Waals surface area (Å²) in [6.07, 6.45) is 0.998. The van der Waals surface area contributed by atoms with Crippen molar-refractivity contribution < 1.29 is 14.3 Å². The highest BCUT2D eigenvalue weighted by molar-refractivity contribution is 9.10. The summed E-state index contributed by atoms with van der Waals surface area (Å²) in [5, 5.41) is 0. The first-order valence-electron chi connectivity index (χ1n) is 5.05. The van der Waals surface area contributed by atoms with Gasteiger partial charge in [0.15, 0.2) is 0 Å². The lowest BCUT2D eigenvalue weighted by Gasteiger charge is -2.10. The van der Waals surface area contributed by atoms with Crippen LogP contribution < -0.4 is 0 Å². The molecule has 1 unspecified atom stereocenters. The van der Waals surface area contributed by atoms with E-state index in [2.05, 4.69) is 25.7 Å². The fraction of sp³-hybridized carbons (Fsp3) is 0.455. The summed E-state index contributed by atoms with van der Waals surface area (Å²) in [5.74, 6) is -0.0523. The maximum Gasteiger partial charge on any atom is 0.356 e. The van der Waals surface area contributed by atoms with Crippen LogP contribution in [0.2, 0.25) is 0 Å². The van der Waals surface area contributed by atoms with Crippen molar-refractivity contribution in [1.29, 1.82) is 0 Å². The second-order valence-corrected chi connectivity index (χ2v) is 4.38. The molecule has 5 heteroatoms. The zero-order valence-corrected chi connectivity index (χ0v) is 10.5. The molecule has 2 heterocycles. The number of ether oxygens (including phenoxy) is 2. The molecule has 1 aliphatic rings. The van der Waals surface area contributed by atoms with Crippen molar-refractivity contribution in [1.82, 2.24) is 4.98 Å². The van der Waals surface area contributed by atoms with Crippen molar-refractivity contribution >= 4 is 21.9 Å². The predicted molar refractivity (Wildman–Crippen MR) is 61.5 cm³/mol. The molecule has 86 valence electrons. The minimum Gasteiger partial charge on any atom is -0.464 e. The molecule has 0 N–H and O–H groups in total. The Morgan fingerprint density at radius 3 is 3.00 bits per heavy atom. The molecular formula is C11H12BrNO3. The molecule has 1 fully saturated rings. The third-order valence-corrected chi connectivity index (χ3v) is 3.28. The SMILES string of the molecule is COC(=O)c1ccc(C2CCOC2)c(Br)n1. The standard InChI is InChI=1S/C11H12BrNO3/c1-15-11(14)9-3-2-8(10(12)13-9)7-4-5-16-6-7/h2-3,7H,4-6H2,1H3. The maximum atomic E-state index is 11.3. The molecule has 0 saturated carbocycles. The van der Waals surface area contributed by atoms with Crippen LogP contribution in [-0.4, -0.2) is 31.3 Å². The maximum absolute atomic E-state index is 11.3. The summed E-state index contributed by atoms with van der Waals surface area (Å²) in [4.78, 5) is 15.4. The molecule has 0 aliphatic carbocycles. The fourth-order valence-corrected chi connectivity index (χ4v) is 2.39. The number of methoxy groups -OCH3 is 1. The Kier molecular flexibility index (Phi) is 3.56. The molecule has 0 amide bonds. The van der Waals surface area contributed by atoms with E-state index in [1.165, 1.54) is 7.11 Å². The van der Waals surface area contributed by atoms with Crippen molar-refractivity contribution in [3.05, 3.63) is 28.0 Å². The van der Waals surface area contributed by atoms with Crippen LogP contribution in [0.5, 0.6) is 0 Å². The largest absolute Gasteiger partial charge is 0.464 e. The number of hydrogen-bond donors (Lipinski definition) is 0. The van der Waals surface area contributed by atoms with E-state index >= 15 is 0 Å². The first kappa shape index (κ1) is 11.5. The minimum atomic E-state index is -0.421. The summed E-state index contributed by atoms with van der Waals surface area (Å²) < 4.78 is 10.6. The molecule has 4 nitrogen and oxygen atoms in total. The Hall–Kier alpha value is -0.940. The Labute approximate surface area is 102 Å². The normalized spacial score (nSPS) is 19.8. The topological polar surface area (TPSA) is 48.4 Å². The molecule has 1 atom stereocenters. The van der Waals surface area contributed by atoms with Crippen LogP contribution in [0.1, 0.15) is 28.4 Å². The van der Waals surface area contributed by atoms with Crippen LogP contribution in [0.3, 0.4) is 0 Å². The van der Waals surface area contributed by atoms with E-state index in [9.17, 15) is 4.79 Å². The van der Waals surface area contributed by atoms with E-state index in [4.69, 9.17) is 4.74 Å². The van der Waals surface area contributed by atoms with Gasteiger partial charge in [-0.3, -0.25) is 0 Å². The van der Waals surface area contributed by atoms with Gasteiger partial charge in [0.2, 0.25) is 0 Å². The number of carbonyl (C=O) groups excluding carboxylic acids is 1. The van der Waals surface area contributed by atoms with Crippen LogP contribution in [-0.2, 0) is 9.47 Å². The Morgan fingerprint density at radius 2 is 2.44 bits per heavy atom. The number of aromatic nitrogens is 1. The summed E-state index contributed by atoms with van der Waals surface area (Å²) in [6.45, 7) is 1.51. The van der Waals surface area contributed by atoms with Crippen LogP contribution in [0.4, 0.5) is 0 Å². The lowest BCUT2D eigenvalue weighted by atomic mass is 10.0. The molecule has 2 rings (SSSR count). The van der Waals surface area contributed by atoms with Crippen LogP contribution in [0.15, 0.2) is 16.7 Å². The van der Waals surface area contributed by atoms with Gasteiger partial charge in [0, 0.05) is 12.5 Å². The lowest BCUT2D eigenvalue weighted by molar-refractivity contribution is 0.0594. The van der Waals surface area contributed by atoms with Gasteiger partial charge in [0.25, 0.3) is 0 Å². The lowest BCUT2D eigenvalue weighted by Crippen LogP contribution is -2.07. The molecule has 0 bridgehead atoms. The first-order valence-corrected chi connectivity index (χ1v) is 5.84. The Morgan fingerprint density at radius 1 is 1.62 bits per heavy atom. The van der Waals surface area contributed by atoms with Crippen molar-refractivity contribution in [2.24, 2.45) is 0 Å². The molecule has 16 heavy (non-hydrogen) atoms. The highest BCUT2D eigenvalue weighted by atomic mass is 79.9. The van der Waals surface area contributed by atoms with E-state index in [1.54, 1.807) is 6.07 Å². The predicted octanol–water partition coefficient (Wildman–Crippen LogP) is 2.13. The number of hydrogen-bond acceptors (Lipinski definition) is 4. The van der Waals surface area contributed by atoms with Crippen molar-refractivity contribution in [2.45, 2.75) is 12.3 Å². The number of halogens is 1. The van der Waals surface area contributed by atoms with Crippen molar-refractivity contribution in [2.75, 3.05) is 20.3 Å². The minimum absolute atomic E-state index is 0.317. The van der Waals surface area contributed by atoms with Crippen LogP contribution in [0.25, 0.3) is 0 Å². The monoisotopic (exact) mass is 285 g/mol. The Balaban J connectivity index is 2.25. The number of rotatable bonds is 2. The first-order chi connectivity index (χ1) is 7.72. The molecule has 1 saturated heterocycles. The van der Waals surface area contributed by atoms with Crippen molar-refractivity contribution in [3.8, 4) is 0 Å². The third kappa shape index (κ3) is 2.25. The van der Waals surface area contributed by atoms with E-state index in [-0.39, 0.29) is 0 Å². The molecule has 0 radical (unpaired) electrons. The van der Waals surface area contributed by atoms with Gasteiger partial charge < -0.3 is 9.47 Å². The average Bonchev–Trinajstić information content (AvgIpc) is 2.81. The second kappa shape index (κ2) is 4.93. The summed E-state index contributed by atoms with van der Waals surface area (Å²) in [6, 6.07) is 3.59. The van der Waals surface area contributed by atoms with Gasteiger partial charge in [-0.2, -0.15) is 0 Å². The quantitative estimate of drug-likeness (QED) is 0.617. The fourth-order valence-electron chi connectivity index (χ4n) is 1.75. The number of nitrogens with zero attached hydrogens (tertiary/aromatic N) is 1. The molecule has 1 aromatic rings. The molecular weight excluding hydrogens is 274 g/mol.